The van der Waals surface area contributed by atoms with Gasteiger partial charge in [0.05, 0.1) is 7.11 Å². The Kier molecular flexibility index (Phi) is 3.46. The third kappa shape index (κ3) is 2.45. The molecule has 14 heavy (non-hydrogen) atoms. The smallest absolute Gasteiger partial charge is 0.322 e. The van der Waals surface area contributed by atoms with Crippen LogP contribution in [0.4, 0.5) is 5.95 Å². The fraction of sp³-hybridized carbons (Fsp3) is 0.625. The first-order chi connectivity index (χ1) is 6.54. The van der Waals surface area contributed by atoms with Crippen molar-refractivity contribution < 1.29 is 4.74 Å². The highest BCUT2D eigenvalue weighted by atomic mass is 35.5. The van der Waals surface area contributed by atoms with E-state index in [9.17, 15) is 0 Å². The van der Waals surface area contributed by atoms with Crippen LogP contribution in [0.15, 0.2) is 0 Å². The summed E-state index contributed by atoms with van der Waals surface area (Å²) in [6.07, 6.45) is 0. The highest BCUT2D eigenvalue weighted by molar-refractivity contribution is 6.28. The van der Waals surface area contributed by atoms with Gasteiger partial charge in [0.1, 0.15) is 0 Å². The van der Waals surface area contributed by atoms with Gasteiger partial charge in [-0.2, -0.15) is 15.0 Å². The van der Waals surface area contributed by atoms with E-state index in [0.717, 1.165) is 0 Å². The minimum atomic E-state index is 0.138. The molecule has 0 atom stereocenters. The summed E-state index contributed by atoms with van der Waals surface area (Å²) in [6, 6.07) is 0.519. The molecule has 1 heterocycles. The Bertz CT molecular complexity index is 318. The number of methoxy groups -OCH3 is 1. The standard InChI is InChI=1S/C8H13ClN4O/c1-5(2)13(3)7-10-6(9)11-8(12-7)14-4/h5H,1-4H3. The molecule has 0 aliphatic rings. The number of halogens is 1. The minimum absolute atomic E-state index is 0.138. The molecule has 0 aliphatic heterocycles. The molecule has 0 fully saturated rings. The molecule has 78 valence electrons. The van der Waals surface area contributed by atoms with Crippen LogP contribution in [0.2, 0.25) is 5.28 Å². The van der Waals surface area contributed by atoms with Crippen molar-refractivity contribution >= 4 is 17.5 Å². The Morgan fingerprint density at radius 2 is 1.93 bits per heavy atom. The van der Waals surface area contributed by atoms with Crippen LogP contribution in [-0.4, -0.2) is 35.2 Å². The summed E-state index contributed by atoms with van der Waals surface area (Å²) in [7, 11) is 3.38. The van der Waals surface area contributed by atoms with Crippen LogP contribution in [-0.2, 0) is 0 Å². The number of hydrogen-bond acceptors (Lipinski definition) is 5. The largest absolute Gasteiger partial charge is 0.467 e. The molecule has 0 radical (unpaired) electrons. The second-order valence-corrected chi connectivity index (χ2v) is 3.43. The number of hydrogen-bond donors (Lipinski definition) is 0. The molecule has 5 nitrogen and oxygen atoms in total. The average molecular weight is 217 g/mol. The first kappa shape index (κ1) is 11.0. The number of nitrogens with zero attached hydrogens (tertiary/aromatic N) is 4. The topological polar surface area (TPSA) is 51.1 Å². The van der Waals surface area contributed by atoms with Crippen molar-refractivity contribution in [2.45, 2.75) is 19.9 Å². The Balaban J connectivity index is 3.02. The molecule has 0 aromatic carbocycles. The molecular formula is C8H13ClN4O. The normalized spacial score (nSPS) is 10.4. The summed E-state index contributed by atoms with van der Waals surface area (Å²) >= 11 is 5.71. The maximum atomic E-state index is 5.71. The lowest BCUT2D eigenvalue weighted by Gasteiger charge is -2.21. The molecule has 6 heteroatoms. The molecule has 0 N–H and O–H groups in total. The summed E-state index contributed by atoms with van der Waals surface area (Å²) in [5, 5.41) is 0.138. The molecule has 0 aliphatic carbocycles. The fourth-order valence-electron chi connectivity index (χ4n) is 0.802. The number of rotatable bonds is 3. The first-order valence-corrected chi connectivity index (χ1v) is 4.60. The Morgan fingerprint density at radius 1 is 1.29 bits per heavy atom. The zero-order valence-corrected chi connectivity index (χ0v) is 9.41. The van der Waals surface area contributed by atoms with Crippen molar-refractivity contribution in [3.8, 4) is 6.01 Å². The van der Waals surface area contributed by atoms with E-state index < -0.39 is 0 Å². The van der Waals surface area contributed by atoms with Gasteiger partial charge in [-0.1, -0.05) is 0 Å². The van der Waals surface area contributed by atoms with Crippen LogP contribution >= 0.6 is 11.6 Å². The van der Waals surface area contributed by atoms with Gasteiger partial charge in [0.2, 0.25) is 11.2 Å². The molecule has 0 unspecified atom stereocenters. The SMILES string of the molecule is COc1nc(Cl)nc(N(C)C(C)C)n1. The molecule has 0 spiro atoms. The highest BCUT2D eigenvalue weighted by Crippen LogP contribution is 2.15. The third-order valence-corrected chi connectivity index (χ3v) is 2.02. The zero-order chi connectivity index (χ0) is 10.7. The Labute approximate surface area is 88.1 Å². The van der Waals surface area contributed by atoms with Crippen molar-refractivity contribution in [1.82, 2.24) is 15.0 Å². The van der Waals surface area contributed by atoms with Crippen molar-refractivity contribution in [2.75, 3.05) is 19.1 Å². The van der Waals surface area contributed by atoms with Crippen LogP contribution in [0.25, 0.3) is 0 Å². The molecule has 1 rings (SSSR count). The van der Waals surface area contributed by atoms with Gasteiger partial charge < -0.3 is 9.64 Å². The number of anilines is 1. The Morgan fingerprint density at radius 3 is 2.43 bits per heavy atom. The summed E-state index contributed by atoms with van der Waals surface area (Å²) in [6.45, 7) is 4.06. The van der Waals surface area contributed by atoms with E-state index in [0.29, 0.717) is 5.95 Å². The van der Waals surface area contributed by atoms with E-state index in [-0.39, 0.29) is 17.3 Å². The lowest BCUT2D eigenvalue weighted by Crippen LogP contribution is -2.27. The van der Waals surface area contributed by atoms with E-state index >= 15 is 0 Å². The monoisotopic (exact) mass is 216 g/mol. The molecule has 0 amide bonds. The average Bonchev–Trinajstić information content (AvgIpc) is 2.15. The van der Waals surface area contributed by atoms with Gasteiger partial charge in [0.15, 0.2) is 0 Å². The second kappa shape index (κ2) is 4.41. The van der Waals surface area contributed by atoms with Gasteiger partial charge in [-0.15, -0.1) is 0 Å². The fourth-order valence-corrected chi connectivity index (χ4v) is 0.950. The van der Waals surface area contributed by atoms with Crippen LogP contribution in [0.5, 0.6) is 6.01 Å². The lowest BCUT2D eigenvalue weighted by molar-refractivity contribution is 0.378. The minimum Gasteiger partial charge on any atom is -0.467 e. The van der Waals surface area contributed by atoms with Crippen molar-refractivity contribution in [3.63, 3.8) is 0 Å². The van der Waals surface area contributed by atoms with Gasteiger partial charge in [-0.3, -0.25) is 0 Å². The third-order valence-electron chi connectivity index (χ3n) is 1.85. The van der Waals surface area contributed by atoms with E-state index in [1.807, 2.05) is 25.8 Å². The van der Waals surface area contributed by atoms with E-state index in [2.05, 4.69) is 15.0 Å². The van der Waals surface area contributed by atoms with Gasteiger partial charge in [0.25, 0.3) is 0 Å². The highest BCUT2D eigenvalue weighted by Gasteiger charge is 2.11. The second-order valence-electron chi connectivity index (χ2n) is 3.10. The van der Waals surface area contributed by atoms with Gasteiger partial charge in [-0.05, 0) is 25.4 Å². The van der Waals surface area contributed by atoms with Crippen LogP contribution in [0.1, 0.15) is 13.8 Å². The van der Waals surface area contributed by atoms with Crippen LogP contribution in [0, 0.1) is 0 Å². The van der Waals surface area contributed by atoms with Crippen molar-refractivity contribution in [3.05, 3.63) is 5.28 Å². The molecular weight excluding hydrogens is 204 g/mol. The first-order valence-electron chi connectivity index (χ1n) is 4.23. The quantitative estimate of drug-likeness (QED) is 0.764. The van der Waals surface area contributed by atoms with Gasteiger partial charge in [-0.25, -0.2) is 0 Å². The zero-order valence-electron chi connectivity index (χ0n) is 8.65. The molecule has 1 aromatic heterocycles. The lowest BCUT2D eigenvalue weighted by atomic mass is 10.4. The number of aromatic nitrogens is 3. The maximum Gasteiger partial charge on any atom is 0.322 e. The number of ether oxygens (including phenoxy) is 1. The van der Waals surface area contributed by atoms with Gasteiger partial charge >= 0.3 is 6.01 Å². The predicted molar refractivity (Wildman–Crippen MR) is 54.9 cm³/mol. The molecule has 0 bridgehead atoms. The summed E-state index contributed by atoms with van der Waals surface area (Å²) in [5.74, 6) is 0.511. The summed E-state index contributed by atoms with van der Waals surface area (Å²) in [4.78, 5) is 13.7. The Hall–Kier alpha value is -1.10. The van der Waals surface area contributed by atoms with Crippen LogP contribution in [0.3, 0.4) is 0 Å². The van der Waals surface area contributed by atoms with Crippen molar-refractivity contribution in [1.29, 1.82) is 0 Å². The maximum absolute atomic E-state index is 5.71. The summed E-state index contributed by atoms with van der Waals surface area (Å²) in [5.41, 5.74) is 0. The predicted octanol–water partition coefficient (Wildman–Crippen LogP) is 1.38. The molecule has 1 aromatic rings. The summed E-state index contributed by atoms with van der Waals surface area (Å²) < 4.78 is 4.89. The molecule has 0 saturated heterocycles. The van der Waals surface area contributed by atoms with Crippen molar-refractivity contribution in [2.24, 2.45) is 0 Å². The van der Waals surface area contributed by atoms with E-state index in [1.54, 1.807) is 0 Å². The van der Waals surface area contributed by atoms with E-state index in [1.165, 1.54) is 7.11 Å². The van der Waals surface area contributed by atoms with E-state index in [4.69, 9.17) is 16.3 Å². The van der Waals surface area contributed by atoms with Gasteiger partial charge in [0, 0.05) is 13.1 Å². The van der Waals surface area contributed by atoms with Crippen LogP contribution < -0.4 is 9.64 Å². The molecule has 0 saturated carbocycles.